The summed E-state index contributed by atoms with van der Waals surface area (Å²) in [5, 5.41) is 22.0. The van der Waals surface area contributed by atoms with Gasteiger partial charge in [0.25, 0.3) is 0 Å². The first-order valence-corrected chi connectivity index (χ1v) is 12.9. The third kappa shape index (κ3) is 3.82. The van der Waals surface area contributed by atoms with E-state index in [0.717, 1.165) is 16.2 Å². The Labute approximate surface area is 199 Å². The number of aromatic hydroxyl groups is 1. The zero-order valence-corrected chi connectivity index (χ0v) is 20.3. The molecule has 0 saturated carbocycles. The molecule has 5 nitrogen and oxygen atoms in total. The lowest BCUT2D eigenvalue weighted by Gasteiger charge is -2.20. The predicted octanol–water partition coefficient (Wildman–Crippen LogP) is 5.06. The van der Waals surface area contributed by atoms with Crippen molar-refractivity contribution in [2.24, 2.45) is 0 Å². The van der Waals surface area contributed by atoms with Crippen LogP contribution in [-0.2, 0) is 9.98 Å². The molecule has 1 aromatic heterocycles. The van der Waals surface area contributed by atoms with Gasteiger partial charge in [0.05, 0.1) is 0 Å². The lowest BCUT2D eigenvalue weighted by molar-refractivity contribution is 0.466. The highest BCUT2D eigenvalue weighted by Gasteiger charge is 2.30. The van der Waals surface area contributed by atoms with Gasteiger partial charge >= 0.3 is 0 Å². The van der Waals surface area contributed by atoms with Crippen LogP contribution in [0, 0.1) is 0 Å². The molecule has 0 aliphatic heterocycles. The highest BCUT2D eigenvalue weighted by molar-refractivity contribution is 7.85. The normalized spacial score (nSPS) is 12.2. The van der Waals surface area contributed by atoms with Crippen molar-refractivity contribution in [2.75, 3.05) is 0 Å². The zero-order chi connectivity index (χ0) is 23.9. The number of rotatable bonds is 4. The summed E-state index contributed by atoms with van der Waals surface area (Å²) in [5.41, 5.74) is 2.78. The van der Waals surface area contributed by atoms with Gasteiger partial charge in [0.1, 0.15) is 22.5 Å². The first kappa shape index (κ1) is 22.1. The van der Waals surface area contributed by atoms with E-state index in [4.69, 9.17) is 0 Å². The van der Waals surface area contributed by atoms with Crippen LogP contribution in [0.5, 0.6) is 5.75 Å². The monoisotopic (exact) mass is 467 g/mol. The van der Waals surface area contributed by atoms with Gasteiger partial charge in [0.2, 0.25) is 0 Å². The Kier molecular flexibility index (Phi) is 5.38. The van der Waals surface area contributed by atoms with Gasteiger partial charge in [0, 0.05) is 15.9 Å². The van der Waals surface area contributed by atoms with E-state index >= 15 is 0 Å². The fraction of sp³-hybridized carbons (Fsp3) is 0.143. The molecule has 0 spiro atoms. The topological polar surface area (TPSA) is 68.0 Å². The summed E-state index contributed by atoms with van der Waals surface area (Å²) in [4.78, 5) is 1.45. The van der Waals surface area contributed by atoms with Gasteiger partial charge in [-0.15, -0.1) is 15.0 Å². The molecule has 0 fully saturated rings. The molecule has 0 aliphatic carbocycles. The van der Waals surface area contributed by atoms with Crippen LogP contribution in [0.2, 0.25) is 0 Å². The molecular formula is C28H26N3O2P. The molecule has 0 aliphatic rings. The second-order valence-electron chi connectivity index (χ2n) is 9.40. The second-order valence-corrected chi connectivity index (χ2v) is 12.2. The van der Waals surface area contributed by atoms with Crippen LogP contribution < -0.4 is 15.9 Å². The van der Waals surface area contributed by atoms with Crippen LogP contribution in [-0.4, -0.2) is 20.1 Å². The number of aromatic nitrogens is 3. The molecule has 0 amide bonds. The van der Waals surface area contributed by atoms with Gasteiger partial charge in [-0.05, 0) is 41.3 Å². The van der Waals surface area contributed by atoms with Gasteiger partial charge in [-0.2, -0.15) is 0 Å². The molecule has 6 heteroatoms. The Hall–Kier alpha value is -3.69. The lowest BCUT2D eigenvalue weighted by atomic mass is 9.87. The summed E-state index contributed by atoms with van der Waals surface area (Å²) in [6, 6.07) is 30.2. The minimum atomic E-state index is -3.11. The number of hydrogen-bond acceptors (Lipinski definition) is 4. The first-order valence-electron chi connectivity index (χ1n) is 11.2. The van der Waals surface area contributed by atoms with Crippen LogP contribution in [0.4, 0.5) is 0 Å². The van der Waals surface area contributed by atoms with E-state index in [2.05, 4.69) is 31.0 Å². The van der Waals surface area contributed by atoms with Crippen molar-refractivity contribution in [3.05, 3.63) is 103 Å². The Morgan fingerprint density at radius 3 is 1.88 bits per heavy atom. The minimum Gasteiger partial charge on any atom is -0.506 e. The zero-order valence-electron chi connectivity index (χ0n) is 19.4. The van der Waals surface area contributed by atoms with Crippen LogP contribution in [0.15, 0.2) is 97.1 Å². The maximum Gasteiger partial charge on any atom is 0.171 e. The fourth-order valence-electron chi connectivity index (χ4n) is 4.08. The van der Waals surface area contributed by atoms with Gasteiger partial charge in [-0.1, -0.05) is 87.5 Å². The molecular weight excluding hydrogens is 441 g/mol. The summed E-state index contributed by atoms with van der Waals surface area (Å²) in [6.07, 6.45) is 0. The Balaban J connectivity index is 1.67. The number of phenolic OH excluding ortho intramolecular Hbond substituents is 1. The standard InChI is InChI=1S/C28H26N3O2P/c1-28(2,3)20-14-17-27(32)26(18-20)31-29-24-16-15-23(19-25(24)30-31)34(33,21-10-6-4-7-11-21)22-12-8-5-9-13-22/h4-19,32H,1-3H3. The number of fused-ring (bicyclic) bond motifs is 1. The summed E-state index contributed by atoms with van der Waals surface area (Å²) in [6.45, 7) is 6.35. The van der Waals surface area contributed by atoms with Crippen molar-refractivity contribution >= 4 is 34.1 Å². The van der Waals surface area contributed by atoms with E-state index in [-0.39, 0.29) is 11.2 Å². The SMILES string of the molecule is CC(C)(C)c1ccc(O)c(-n2nc3ccc(P(=O)(c4ccccc4)c4ccccc4)cc3n2)c1. The van der Waals surface area contributed by atoms with Gasteiger partial charge in [-0.25, -0.2) is 0 Å². The molecule has 0 unspecified atom stereocenters. The summed E-state index contributed by atoms with van der Waals surface area (Å²) in [7, 11) is -3.11. The van der Waals surface area contributed by atoms with E-state index in [9.17, 15) is 9.67 Å². The van der Waals surface area contributed by atoms with E-state index in [1.165, 1.54) is 4.80 Å². The summed E-state index contributed by atoms with van der Waals surface area (Å²) in [5.74, 6) is 0.104. The molecule has 5 aromatic rings. The third-order valence-corrected chi connectivity index (χ3v) is 9.08. The number of nitrogens with zero attached hydrogens (tertiary/aromatic N) is 3. The average Bonchev–Trinajstić information content (AvgIpc) is 3.27. The molecule has 1 heterocycles. The van der Waals surface area contributed by atoms with Crippen LogP contribution in [0.3, 0.4) is 0 Å². The van der Waals surface area contributed by atoms with E-state index in [1.807, 2.05) is 91.0 Å². The molecule has 0 bridgehead atoms. The maximum atomic E-state index is 14.7. The van der Waals surface area contributed by atoms with E-state index in [0.29, 0.717) is 22.0 Å². The molecule has 1 N–H and O–H groups in total. The van der Waals surface area contributed by atoms with Crippen molar-refractivity contribution in [3.8, 4) is 11.4 Å². The summed E-state index contributed by atoms with van der Waals surface area (Å²) < 4.78 is 14.7. The molecule has 0 saturated heterocycles. The van der Waals surface area contributed by atoms with Crippen molar-refractivity contribution in [3.63, 3.8) is 0 Å². The molecule has 0 atom stereocenters. The lowest BCUT2D eigenvalue weighted by Crippen LogP contribution is -2.24. The highest BCUT2D eigenvalue weighted by atomic mass is 31.2. The highest BCUT2D eigenvalue weighted by Crippen LogP contribution is 2.42. The van der Waals surface area contributed by atoms with Crippen molar-refractivity contribution < 1.29 is 9.67 Å². The van der Waals surface area contributed by atoms with Crippen LogP contribution in [0.25, 0.3) is 16.7 Å². The first-order chi connectivity index (χ1) is 16.3. The Morgan fingerprint density at radius 1 is 0.706 bits per heavy atom. The number of phenols is 1. The number of benzene rings is 4. The average molecular weight is 468 g/mol. The van der Waals surface area contributed by atoms with Gasteiger partial charge < -0.3 is 9.67 Å². The van der Waals surface area contributed by atoms with Crippen molar-refractivity contribution in [1.82, 2.24) is 15.0 Å². The van der Waals surface area contributed by atoms with E-state index < -0.39 is 7.14 Å². The molecule has 4 aromatic carbocycles. The van der Waals surface area contributed by atoms with Crippen LogP contribution >= 0.6 is 7.14 Å². The van der Waals surface area contributed by atoms with Gasteiger partial charge in [0.15, 0.2) is 7.14 Å². The van der Waals surface area contributed by atoms with Crippen molar-refractivity contribution in [2.45, 2.75) is 26.2 Å². The predicted molar refractivity (Wildman–Crippen MR) is 139 cm³/mol. The smallest absolute Gasteiger partial charge is 0.171 e. The van der Waals surface area contributed by atoms with Crippen molar-refractivity contribution in [1.29, 1.82) is 0 Å². The number of hydrogen-bond donors (Lipinski definition) is 1. The quantitative estimate of drug-likeness (QED) is 0.375. The maximum absolute atomic E-state index is 14.7. The van der Waals surface area contributed by atoms with Crippen LogP contribution in [0.1, 0.15) is 26.3 Å². The van der Waals surface area contributed by atoms with E-state index in [1.54, 1.807) is 6.07 Å². The minimum absolute atomic E-state index is 0.0831. The Morgan fingerprint density at radius 2 is 1.29 bits per heavy atom. The fourth-order valence-corrected chi connectivity index (χ4v) is 6.75. The molecule has 5 rings (SSSR count). The largest absolute Gasteiger partial charge is 0.506 e. The molecule has 34 heavy (non-hydrogen) atoms. The summed E-state index contributed by atoms with van der Waals surface area (Å²) >= 11 is 0. The second kappa shape index (κ2) is 8.27. The Bertz CT molecular complexity index is 1480. The van der Waals surface area contributed by atoms with Gasteiger partial charge in [-0.3, -0.25) is 0 Å². The molecule has 0 radical (unpaired) electrons. The third-order valence-electron chi connectivity index (χ3n) is 6.02. The molecule has 170 valence electrons.